The van der Waals surface area contributed by atoms with Gasteiger partial charge in [0, 0.05) is 0 Å². The number of H-pyrrole nitrogens is 1. The topological polar surface area (TPSA) is 227 Å². The number of fused-ring (bicyclic) bond motifs is 1. The maximum Gasteiger partial charge on any atom is 0.481 e. The number of imidazole rings is 1. The van der Waals surface area contributed by atoms with Gasteiger partial charge in [0.1, 0.15) is 18.3 Å². The predicted octanol–water partition coefficient (Wildman–Crippen LogP) is -2.03. The molecule has 6 N–H and O–H groups in total. The number of nitrogens with one attached hydrogen (secondary N) is 1. The summed E-state index contributed by atoms with van der Waals surface area (Å²) in [6.45, 7) is -0.844. The number of rotatable bonds is 6. The molecule has 0 radical (unpaired) electrons. The van der Waals surface area contributed by atoms with Gasteiger partial charge < -0.3 is 34.6 Å². The fourth-order valence-corrected chi connectivity index (χ4v) is 4.07. The van der Waals surface area contributed by atoms with Gasteiger partial charge in [0.15, 0.2) is 17.4 Å². The van der Waals surface area contributed by atoms with Gasteiger partial charge in [0.05, 0.1) is 19.3 Å². The maximum atomic E-state index is 11.7. The molecule has 0 spiro atoms. The first kappa shape index (κ1) is 20.2. The van der Waals surface area contributed by atoms with E-state index in [2.05, 4.69) is 23.8 Å². The van der Waals surface area contributed by atoms with Crippen molar-refractivity contribution in [1.29, 1.82) is 0 Å². The second-order valence-corrected chi connectivity index (χ2v) is 8.27. The van der Waals surface area contributed by atoms with Crippen LogP contribution in [0.15, 0.2) is 17.4 Å². The van der Waals surface area contributed by atoms with Crippen LogP contribution < -0.4 is 5.56 Å². The summed E-state index contributed by atoms with van der Waals surface area (Å²) < 4.78 is 36.6. The van der Waals surface area contributed by atoms with Crippen LogP contribution in [0.4, 0.5) is 0 Å². The van der Waals surface area contributed by atoms with Crippen LogP contribution in [-0.2, 0) is 22.7 Å². The third-order valence-corrected chi connectivity index (χ3v) is 5.74. The monoisotopic (exact) mass is 428 g/mol. The first-order chi connectivity index (χ1) is 12.5. The number of aliphatic hydroxyl groups excluding tert-OH is 2. The van der Waals surface area contributed by atoms with Gasteiger partial charge in [-0.25, -0.2) is 19.1 Å². The highest BCUT2D eigenvalue weighted by Gasteiger charge is 2.46. The van der Waals surface area contributed by atoms with E-state index in [4.69, 9.17) is 14.5 Å². The van der Waals surface area contributed by atoms with Crippen molar-refractivity contribution in [2.75, 3.05) is 6.61 Å². The molecular weight excluding hydrogens is 414 g/mol. The van der Waals surface area contributed by atoms with E-state index < -0.39 is 52.4 Å². The minimum atomic E-state index is -5.30. The Morgan fingerprint density at radius 1 is 1.22 bits per heavy atom. The quantitative estimate of drug-likeness (QED) is 0.273. The molecule has 15 nitrogen and oxygen atoms in total. The highest BCUT2D eigenvalue weighted by atomic mass is 31.3. The zero-order chi connectivity index (χ0) is 20.0. The van der Waals surface area contributed by atoms with Gasteiger partial charge in [-0.05, 0) is 0 Å². The van der Waals surface area contributed by atoms with E-state index in [0.717, 1.165) is 12.7 Å². The fraction of sp³-hybridized carbons (Fsp3) is 0.500. The number of aromatic nitrogens is 4. The molecule has 17 heteroatoms. The number of aliphatic hydroxyl groups is 2. The fourth-order valence-electron chi connectivity index (χ4n) is 2.47. The molecule has 0 saturated carbocycles. The number of phosphoric ester groups is 1. The number of aromatic amines is 1. The second-order valence-electron chi connectivity index (χ2n) is 5.44. The number of hydrogen-bond acceptors (Lipinski definition) is 10. The number of phosphoric acid groups is 2. The Kier molecular flexibility index (Phi) is 5.35. The maximum absolute atomic E-state index is 11.7. The van der Waals surface area contributed by atoms with Gasteiger partial charge in [0.2, 0.25) is 0 Å². The zero-order valence-electron chi connectivity index (χ0n) is 13.1. The minimum Gasteiger partial charge on any atom is -0.387 e. The lowest BCUT2D eigenvalue weighted by molar-refractivity contribution is -0.0503. The molecule has 0 bridgehead atoms. The van der Waals surface area contributed by atoms with Gasteiger partial charge in [-0.15, -0.1) is 0 Å². The molecule has 1 fully saturated rings. The Balaban J connectivity index is 1.76. The molecule has 0 aromatic carbocycles. The average molecular weight is 428 g/mol. The molecule has 0 amide bonds. The van der Waals surface area contributed by atoms with E-state index in [1.807, 2.05) is 0 Å². The molecule has 1 aliphatic rings. The Morgan fingerprint density at radius 2 is 1.93 bits per heavy atom. The van der Waals surface area contributed by atoms with E-state index in [0.29, 0.717) is 0 Å². The molecule has 2 aromatic rings. The van der Waals surface area contributed by atoms with Crippen LogP contribution in [0.2, 0.25) is 0 Å². The van der Waals surface area contributed by atoms with E-state index in [9.17, 15) is 29.0 Å². The third kappa shape index (κ3) is 4.33. The van der Waals surface area contributed by atoms with E-state index in [1.165, 1.54) is 4.57 Å². The van der Waals surface area contributed by atoms with E-state index in [-0.39, 0.29) is 11.2 Å². The van der Waals surface area contributed by atoms with Crippen molar-refractivity contribution in [2.45, 2.75) is 24.5 Å². The Morgan fingerprint density at radius 3 is 2.59 bits per heavy atom. The largest absolute Gasteiger partial charge is 0.481 e. The second kappa shape index (κ2) is 7.14. The summed E-state index contributed by atoms with van der Waals surface area (Å²) in [6.07, 6.45) is -3.56. The number of nitrogens with zero attached hydrogens (tertiary/aromatic N) is 3. The summed E-state index contributed by atoms with van der Waals surface area (Å²) >= 11 is 0. The Hall–Kier alpha value is -1.51. The molecule has 0 aliphatic carbocycles. The normalized spacial score (nSPS) is 28.5. The van der Waals surface area contributed by atoms with Crippen LogP contribution in [0.5, 0.6) is 0 Å². The molecule has 3 rings (SSSR count). The zero-order valence-corrected chi connectivity index (χ0v) is 14.9. The van der Waals surface area contributed by atoms with Crippen molar-refractivity contribution in [1.82, 2.24) is 19.5 Å². The van der Waals surface area contributed by atoms with Crippen molar-refractivity contribution in [3.05, 3.63) is 23.0 Å². The van der Waals surface area contributed by atoms with Crippen molar-refractivity contribution >= 4 is 26.8 Å². The van der Waals surface area contributed by atoms with Gasteiger partial charge in [-0.3, -0.25) is 13.9 Å². The number of ether oxygens (including phenoxy) is 1. The summed E-state index contributed by atoms with van der Waals surface area (Å²) in [5.74, 6) is 0. The first-order valence-corrected chi connectivity index (χ1v) is 10.2. The van der Waals surface area contributed by atoms with Gasteiger partial charge in [-0.1, -0.05) is 0 Å². The summed E-state index contributed by atoms with van der Waals surface area (Å²) in [4.78, 5) is 48.0. The van der Waals surface area contributed by atoms with Gasteiger partial charge >= 0.3 is 15.6 Å². The summed E-state index contributed by atoms with van der Waals surface area (Å²) in [5, 5.41) is 20.2. The van der Waals surface area contributed by atoms with Crippen LogP contribution in [-0.4, -0.2) is 69.3 Å². The molecule has 27 heavy (non-hydrogen) atoms. The van der Waals surface area contributed by atoms with Crippen LogP contribution in [0, 0.1) is 0 Å². The molecule has 150 valence electrons. The smallest absolute Gasteiger partial charge is 0.387 e. The SMILES string of the molecule is O=c1[nH]cnc2c1ncn2[C@@H]1O[C@H](COP(=O)(O)OP(=O)(O)O)[C@H](O)C1O. The van der Waals surface area contributed by atoms with Crippen LogP contribution in [0.3, 0.4) is 0 Å². The first-order valence-electron chi connectivity index (χ1n) is 7.14. The molecule has 5 atom stereocenters. The predicted molar refractivity (Wildman–Crippen MR) is 83.0 cm³/mol. The average Bonchev–Trinajstić information content (AvgIpc) is 3.07. The summed E-state index contributed by atoms with van der Waals surface area (Å²) in [6, 6.07) is 0. The molecular formula is C10H14N4O11P2. The molecule has 2 unspecified atom stereocenters. The Bertz CT molecular complexity index is 985. The van der Waals surface area contributed by atoms with Crippen molar-refractivity contribution in [3.8, 4) is 0 Å². The van der Waals surface area contributed by atoms with Crippen LogP contribution in [0.25, 0.3) is 11.2 Å². The van der Waals surface area contributed by atoms with E-state index >= 15 is 0 Å². The van der Waals surface area contributed by atoms with Gasteiger partial charge in [-0.2, -0.15) is 4.31 Å². The molecule has 1 saturated heterocycles. The van der Waals surface area contributed by atoms with Gasteiger partial charge in [0.25, 0.3) is 5.56 Å². The lowest BCUT2D eigenvalue weighted by Crippen LogP contribution is -2.33. The lowest BCUT2D eigenvalue weighted by Gasteiger charge is -2.17. The Labute approximate surface area is 149 Å². The summed E-state index contributed by atoms with van der Waals surface area (Å²) in [5.41, 5.74) is -0.533. The van der Waals surface area contributed by atoms with Crippen LogP contribution >= 0.6 is 15.6 Å². The lowest BCUT2D eigenvalue weighted by atomic mass is 10.1. The third-order valence-electron chi connectivity index (χ3n) is 3.59. The van der Waals surface area contributed by atoms with Crippen molar-refractivity contribution in [3.63, 3.8) is 0 Å². The van der Waals surface area contributed by atoms with Crippen LogP contribution in [0.1, 0.15) is 6.23 Å². The standard InChI is InChI=1S/C10H14N4O11P2/c15-6-4(1-23-27(21,22)25-26(18,19)20)24-10(7(6)16)14-3-13-5-8(14)11-2-12-9(5)17/h2-4,6-7,10,15-16H,1H2,(H,21,22)(H,11,12,17)(H2,18,19,20)/t4-,6+,7?,10-/m1/s1. The highest BCUT2D eigenvalue weighted by Crippen LogP contribution is 2.57. The minimum absolute atomic E-state index is 0.0441. The number of hydrogen-bond donors (Lipinski definition) is 6. The van der Waals surface area contributed by atoms with E-state index in [1.54, 1.807) is 0 Å². The van der Waals surface area contributed by atoms with Crippen molar-refractivity contribution < 1.29 is 47.6 Å². The molecule has 1 aliphatic heterocycles. The molecule has 2 aromatic heterocycles. The highest BCUT2D eigenvalue weighted by molar-refractivity contribution is 7.60. The van der Waals surface area contributed by atoms with Crippen molar-refractivity contribution in [2.24, 2.45) is 0 Å². The summed E-state index contributed by atoms with van der Waals surface area (Å²) in [7, 11) is -10.5. The molecule has 3 heterocycles.